The van der Waals surface area contributed by atoms with Gasteiger partial charge in [-0.25, -0.2) is 9.78 Å². The molecule has 1 unspecified atom stereocenters. The van der Waals surface area contributed by atoms with E-state index >= 15 is 0 Å². The predicted molar refractivity (Wildman–Crippen MR) is 70.8 cm³/mol. The van der Waals surface area contributed by atoms with Gasteiger partial charge in [-0.3, -0.25) is 9.48 Å². The lowest BCUT2D eigenvalue weighted by Gasteiger charge is -2.44. The molecule has 1 fully saturated rings. The summed E-state index contributed by atoms with van der Waals surface area (Å²) < 4.78 is 1.57. The Labute approximate surface area is 117 Å². The molecule has 1 atom stereocenters. The van der Waals surface area contributed by atoms with Crippen LogP contribution < -0.4 is 0 Å². The Hall–Kier alpha value is -1.92. The molecule has 2 heterocycles. The van der Waals surface area contributed by atoms with Crippen LogP contribution in [0.25, 0.3) is 0 Å². The second kappa shape index (κ2) is 5.60. The minimum Gasteiger partial charge on any atom is -0.480 e. The normalized spacial score (nSPS) is 21.7. The molecule has 0 bridgehead atoms. The SMILES string of the molecule is CC1(C)CCCN(C(=O)CCn2cncn2)C1C(=O)O. The quantitative estimate of drug-likeness (QED) is 0.880. The maximum absolute atomic E-state index is 12.3. The monoisotopic (exact) mass is 280 g/mol. The molecule has 1 aliphatic heterocycles. The molecule has 0 aromatic carbocycles. The van der Waals surface area contributed by atoms with E-state index in [2.05, 4.69) is 10.1 Å². The van der Waals surface area contributed by atoms with Gasteiger partial charge in [-0.2, -0.15) is 5.10 Å². The van der Waals surface area contributed by atoms with E-state index in [4.69, 9.17) is 0 Å². The molecule has 7 heteroatoms. The molecular weight excluding hydrogens is 260 g/mol. The second-order valence-corrected chi connectivity index (χ2v) is 5.83. The van der Waals surface area contributed by atoms with Crippen molar-refractivity contribution in [3.8, 4) is 0 Å². The molecule has 1 aromatic rings. The van der Waals surface area contributed by atoms with Gasteiger partial charge in [-0.15, -0.1) is 0 Å². The largest absolute Gasteiger partial charge is 0.480 e. The topological polar surface area (TPSA) is 88.3 Å². The van der Waals surface area contributed by atoms with Crippen molar-refractivity contribution in [3.05, 3.63) is 12.7 Å². The summed E-state index contributed by atoms with van der Waals surface area (Å²) in [6.07, 6.45) is 4.85. The van der Waals surface area contributed by atoms with Gasteiger partial charge >= 0.3 is 5.97 Å². The molecule has 7 nitrogen and oxygen atoms in total. The number of hydrogen-bond donors (Lipinski definition) is 1. The zero-order valence-corrected chi connectivity index (χ0v) is 11.8. The number of aryl methyl sites for hydroxylation is 1. The molecule has 1 amide bonds. The maximum Gasteiger partial charge on any atom is 0.326 e. The summed E-state index contributed by atoms with van der Waals surface area (Å²) >= 11 is 0. The highest BCUT2D eigenvalue weighted by molar-refractivity contribution is 5.84. The van der Waals surface area contributed by atoms with E-state index < -0.39 is 17.4 Å². The van der Waals surface area contributed by atoms with Crippen molar-refractivity contribution in [2.75, 3.05) is 6.54 Å². The van der Waals surface area contributed by atoms with Crippen LogP contribution in [0.4, 0.5) is 0 Å². The first-order valence-corrected chi connectivity index (χ1v) is 6.76. The van der Waals surface area contributed by atoms with Crippen LogP contribution >= 0.6 is 0 Å². The molecule has 110 valence electrons. The van der Waals surface area contributed by atoms with Crippen LogP contribution in [-0.4, -0.2) is 49.2 Å². The molecule has 0 radical (unpaired) electrons. The van der Waals surface area contributed by atoms with Crippen LogP contribution in [0.1, 0.15) is 33.1 Å². The summed E-state index contributed by atoms with van der Waals surface area (Å²) in [5.74, 6) is -1.07. The molecule has 1 aliphatic rings. The van der Waals surface area contributed by atoms with Gasteiger partial charge in [0.1, 0.15) is 18.7 Å². The molecule has 0 saturated carbocycles. The zero-order valence-electron chi connectivity index (χ0n) is 11.8. The molecule has 1 saturated heterocycles. The molecule has 1 N–H and O–H groups in total. The molecule has 20 heavy (non-hydrogen) atoms. The summed E-state index contributed by atoms with van der Waals surface area (Å²) in [6.45, 7) is 4.74. The van der Waals surface area contributed by atoms with Gasteiger partial charge in [0.2, 0.25) is 5.91 Å². The van der Waals surface area contributed by atoms with Crippen molar-refractivity contribution in [1.29, 1.82) is 0 Å². The summed E-state index contributed by atoms with van der Waals surface area (Å²) in [5, 5.41) is 13.4. The number of hydrogen-bond acceptors (Lipinski definition) is 4. The zero-order chi connectivity index (χ0) is 14.8. The molecule has 0 spiro atoms. The van der Waals surface area contributed by atoms with Crippen molar-refractivity contribution >= 4 is 11.9 Å². The smallest absolute Gasteiger partial charge is 0.326 e. The number of carbonyl (C=O) groups excluding carboxylic acids is 1. The van der Waals surface area contributed by atoms with Crippen molar-refractivity contribution in [1.82, 2.24) is 19.7 Å². The lowest BCUT2D eigenvalue weighted by molar-refractivity contribution is -0.159. The van der Waals surface area contributed by atoms with Gasteiger partial charge in [-0.1, -0.05) is 13.8 Å². The standard InChI is InChI=1S/C13H20N4O3/c1-13(2)5-3-6-17(11(13)12(19)20)10(18)4-7-16-9-14-8-15-16/h8-9,11H,3-7H2,1-2H3,(H,19,20). The first kappa shape index (κ1) is 14.5. The third-order valence-corrected chi connectivity index (χ3v) is 3.85. The molecule has 2 rings (SSSR count). The van der Waals surface area contributed by atoms with Gasteiger partial charge in [0.25, 0.3) is 0 Å². The van der Waals surface area contributed by atoms with E-state index in [-0.39, 0.29) is 12.3 Å². The van der Waals surface area contributed by atoms with Crippen LogP contribution in [0, 0.1) is 5.41 Å². The minimum absolute atomic E-state index is 0.138. The van der Waals surface area contributed by atoms with E-state index in [1.54, 1.807) is 11.0 Å². The minimum atomic E-state index is -0.927. The van der Waals surface area contributed by atoms with Crippen LogP contribution in [0.5, 0.6) is 0 Å². The molecule has 1 aromatic heterocycles. The van der Waals surface area contributed by atoms with Gasteiger partial charge < -0.3 is 10.0 Å². The number of aromatic nitrogens is 3. The number of carboxylic acid groups (broad SMARTS) is 1. The van der Waals surface area contributed by atoms with Gasteiger partial charge in [0.15, 0.2) is 0 Å². The third kappa shape index (κ3) is 2.97. The third-order valence-electron chi connectivity index (χ3n) is 3.85. The van der Waals surface area contributed by atoms with Crippen molar-refractivity contribution < 1.29 is 14.7 Å². The first-order valence-electron chi connectivity index (χ1n) is 6.76. The highest BCUT2D eigenvalue weighted by Crippen LogP contribution is 2.35. The highest BCUT2D eigenvalue weighted by atomic mass is 16.4. The van der Waals surface area contributed by atoms with E-state index in [1.807, 2.05) is 13.8 Å². The van der Waals surface area contributed by atoms with Crippen LogP contribution in [-0.2, 0) is 16.1 Å². The van der Waals surface area contributed by atoms with Crippen LogP contribution in [0.15, 0.2) is 12.7 Å². The van der Waals surface area contributed by atoms with Crippen LogP contribution in [0.3, 0.4) is 0 Å². The van der Waals surface area contributed by atoms with E-state index in [0.29, 0.717) is 13.1 Å². The fourth-order valence-corrected chi connectivity index (χ4v) is 2.83. The molecular formula is C13H20N4O3. The number of rotatable bonds is 4. The number of aliphatic carboxylic acids is 1. The summed E-state index contributed by atoms with van der Waals surface area (Å²) in [6, 6.07) is -0.750. The highest BCUT2D eigenvalue weighted by Gasteiger charge is 2.44. The van der Waals surface area contributed by atoms with E-state index in [0.717, 1.165) is 12.8 Å². The fraction of sp³-hybridized carbons (Fsp3) is 0.692. The Morgan fingerprint density at radius 1 is 1.45 bits per heavy atom. The number of likely N-dealkylation sites (tertiary alicyclic amines) is 1. The maximum atomic E-state index is 12.3. The van der Waals surface area contributed by atoms with Gasteiger partial charge in [0, 0.05) is 13.0 Å². The van der Waals surface area contributed by atoms with Crippen molar-refractivity contribution in [3.63, 3.8) is 0 Å². The Bertz CT molecular complexity index is 484. The molecule has 0 aliphatic carbocycles. The van der Waals surface area contributed by atoms with Gasteiger partial charge in [-0.05, 0) is 18.3 Å². The lowest BCUT2D eigenvalue weighted by atomic mass is 9.76. The number of carbonyl (C=O) groups is 2. The predicted octanol–water partition coefficient (Wildman–Crippen LogP) is 0.770. The average Bonchev–Trinajstić information content (AvgIpc) is 2.86. The second-order valence-electron chi connectivity index (χ2n) is 5.83. The number of amides is 1. The number of nitrogens with zero attached hydrogens (tertiary/aromatic N) is 4. The Morgan fingerprint density at radius 3 is 2.80 bits per heavy atom. The van der Waals surface area contributed by atoms with Gasteiger partial charge in [0.05, 0.1) is 6.54 Å². The average molecular weight is 280 g/mol. The van der Waals surface area contributed by atoms with Crippen molar-refractivity contribution in [2.24, 2.45) is 5.41 Å². The Morgan fingerprint density at radius 2 is 2.20 bits per heavy atom. The summed E-state index contributed by atoms with van der Waals surface area (Å²) in [7, 11) is 0. The van der Waals surface area contributed by atoms with E-state index in [9.17, 15) is 14.7 Å². The lowest BCUT2D eigenvalue weighted by Crippen LogP contribution is -2.56. The Balaban J connectivity index is 2.04. The number of piperidine rings is 1. The van der Waals surface area contributed by atoms with Crippen molar-refractivity contribution in [2.45, 2.75) is 45.7 Å². The fourth-order valence-electron chi connectivity index (χ4n) is 2.83. The summed E-state index contributed by atoms with van der Waals surface area (Å²) in [5.41, 5.74) is -0.396. The number of carboxylic acids is 1. The Kier molecular flexibility index (Phi) is 4.06. The first-order chi connectivity index (χ1) is 9.42. The summed E-state index contributed by atoms with van der Waals surface area (Å²) in [4.78, 5) is 29.1. The van der Waals surface area contributed by atoms with E-state index in [1.165, 1.54) is 11.2 Å². The van der Waals surface area contributed by atoms with Crippen LogP contribution in [0.2, 0.25) is 0 Å².